The van der Waals surface area contributed by atoms with Crippen molar-refractivity contribution < 1.29 is 0 Å². The summed E-state index contributed by atoms with van der Waals surface area (Å²) < 4.78 is 0. The van der Waals surface area contributed by atoms with Gasteiger partial charge >= 0.3 is 0 Å². The first-order chi connectivity index (χ1) is 2.81. The van der Waals surface area contributed by atoms with Crippen LogP contribution >= 0.6 is 37.1 Å². The summed E-state index contributed by atoms with van der Waals surface area (Å²) in [6.07, 6.45) is 0. The largest absolute Gasteiger partial charge is 0.174 e. The Bertz CT molecular complexity index is 66.4. The third-order valence-electron chi connectivity index (χ3n) is 0.287. The van der Waals surface area contributed by atoms with E-state index in [1.165, 1.54) is 5.37 Å². The van der Waals surface area contributed by atoms with Crippen LogP contribution in [-0.4, -0.2) is 16.0 Å². The molecule has 6 heavy (non-hydrogen) atoms. The molecule has 0 spiro atoms. The van der Waals surface area contributed by atoms with E-state index >= 15 is 0 Å². The van der Waals surface area contributed by atoms with Crippen molar-refractivity contribution in [2.24, 2.45) is 0 Å². The second-order valence-electron chi connectivity index (χ2n) is 0.742. The van der Waals surface area contributed by atoms with E-state index in [-0.39, 0.29) is 0 Å². The molecule has 0 aromatic heterocycles. The van der Waals surface area contributed by atoms with Gasteiger partial charge in [-0.3, -0.25) is 0 Å². The highest BCUT2D eigenvalue weighted by Crippen LogP contribution is 1.76. The highest BCUT2D eigenvalue weighted by atomic mass is 32.1. The summed E-state index contributed by atoms with van der Waals surface area (Å²) in [7, 11) is 0. The maximum absolute atomic E-state index is 4.62. The van der Waals surface area contributed by atoms with Crippen molar-refractivity contribution in [1.29, 1.82) is 0 Å². The molecular weight excluding hydrogens is 132 g/mol. The van der Waals surface area contributed by atoms with E-state index in [0.29, 0.717) is 5.75 Å². The fourth-order valence-corrected chi connectivity index (χ4v) is 0.335. The minimum absolute atomic E-state index is 0.596. The minimum Gasteiger partial charge on any atom is -0.174 e. The monoisotopic (exact) mass is 136 g/mol. The third-order valence-corrected chi connectivity index (χ3v) is 1.54. The highest BCUT2D eigenvalue weighted by Gasteiger charge is 1.78. The molecule has 0 nitrogen and oxygen atoms in total. The molecular formula is C3H4S3. The number of thiocarbonyl (C=S) groups is 2. The Balaban J connectivity index is 3.23. The van der Waals surface area contributed by atoms with Crippen LogP contribution in [0.3, 0.4) is 0 Å². The lowest BCUT2D eigenvalue weighted by molar-refractivity contribution is 2.15. The molecule has 0 bridgehead atoms. The number of hydrogen-bond acceptors (Lipinski definition) is 3. The first-order valence-electron chi connectivity index (χ1n) is 1.40. The van der Waals surface area contributed by atoms with E-state index in [4.69, 9.17) is 0 Å². The van der Waals surface area contributed by atoms with Crippen molar-refractivity contribution in [3.8, 4) is 0 Å². The fourth-order valence-electron chi connectivity index (χ4n) is 0.0373. The number of hydrogen-bond donors (Lipinski definition) is 1. The van der Waals surface area contributed by atoms with Gasteiger partial charge in [-0.2, -0.15) is 12.6 Å². The zero-order chi connectivity index (χ0) is 4.99. The van der Waals surface area contributed by atoms with Crippen molar-refractivity contribution >= 4 is 47.3 Å². The molecule has 0 unspecified atom stereocenters. The van der Waals surface area contributed by atoms with Gasteiger partial charge in [0.05, 0.1) is 0 Å². The summed E-state index contributed by atoms with van der Waals surface area (Å²) in [5, 5.41) is 1.46. The Morgan fingerprint density at radius 3 is 2.33 bits per heavy atom. The van der Waals surface area contributed by atoms with Gasteiger partial charge in [0.1, 0.15) is 0 Å². The fraction of sp³-hybridized carbons (Fsp3) is 0.333. The van der Waals surface area contributed by atoms with E-state index in [2.05, 4.69) is 37.1 Å². The quantitative estimate of drug-likeness (QED) is 0.449. The second-order valence-corrected chi connectivity index (χ2v) is 1.82. The van der Waals surface area contributed by atoms with E-state index in [1.807, 2.05) is 0 Å². The van der Waals surface area contributed by atoms with E-state index < -0.39 is 0 Å². The van der Waals surface area contributed by atoms with Gasteiger partial charge in [0.15, 0.2) is 0 Å². The number of thiol groups is 1. The van der Waals surface area contributed by atoms with Crippen molar-refractivity contribution in [3.63, 3.8) is 0 Å². The Morgan fingerprint density at radius 2 is 2.33 bits per heavy atom. The van der Waals surface area contributed by atoms with Crippen LogP contribution in [-0.2, 0) is 0 Å². The molecule has 0 radical (unpaired) electrons. The molecule has 0 aliphatic carbocycles. The lowest BCUT2D eigenvalue weighted by Crippen LogP contribution is -1.92. The van der Waals surface area contributed by atoms with Crippen LogP contribution in [0.1, 0.15) is 0 Å². The standard InChI is InChI=1S/C3H4S3/c4-1-3(6)2-5/h1,5H,2H2. The molecule has 0 aliphatic rings. The molecule has 34 valence electrons. The summed E-state index contributed by atoms with van der Waals surface area (Å²) in [5.74, 6) is 0.596. The SMILES string of the molecule is S=CC(=S)CS. The summed E-state index contributed by atoms with van der Waals surface area (Å²) in [6.45, 7) is 0. The molecule has 0 rings (SSSR count). The highest BCUT2D eigenvalue weighted by molar-refractivity contribution is 7.91. The van der Waals surface area contributed by atoms with Crippen LogP contribution in [0.15, 0.2) is 0 Å². The van der Waals surface area contributed by atoms with E-state index in [9.17, 15) is 0 Å². The zero-order valence-electron chi connectivity index (χ0n) is 3.05. The van der Waals surface area contributed by atoms with Crippen LogP contribution < -0.4 is 0 Å². The Labute approximate surface area is 53.3 Å². The number of rotatable bonds is 2. The molecule has 0 aliphatic heterocycles. The van der Waals surface area contributed by atoms with E-state index in [1.54, 1.807) is 0 Å². The smallest absolute Gasteiger partial charge is 0.0355 e. The molecule has 0 fully saturated rings. The molecule has 0 saturated carbocycles. The normalized spacial score (nSPS) is 7.50. The zero-order valence-corrected chi connectivity index (χ0v) is 5.58. The maximum atomic E-state index is 4.62. The van der Waals surface area contributed by atoms with Crippen LogP contribution in [0.25, 0.3) is 0 Å². The lowest BCUT2D eigenvalue weighted by Gasteiger charge is -1.78. The summed E-state index contributed by atoms with van der Waals surface area (Å²) in [5.41, 5.74) is 0. The molecule has 0 atom stereocenters. The molecule has 0 amide bonds. The van der Waals surface area contributed by atoms with Gasteiger partial charge in [0.25, 0.3) is 0 Å². The maximum Gasteiger partial charge on any atom is 0.0355 e. The Hall–Kier alpha value is 0.530. The topological polar surface area (TPSA) is 0 Å². The van der Waals surface area contributed by atoms with Gasteiger partial charge in [-0.25, -0.2) is 0 Å². The first-order valence-corrected chi connectivity index (χ1v) is 2.91. The van der Waals surface area contributed by atoms with Crippen LogP contribution in [0.4, 0.5) is 0 Å². The van der Waals surface area contributed by atoms with E-state index in [0.717, 1.165) is 4.86 Å². The van der Waals surface area contributed by atoms with Crippen molar-refractivity contribution in [2.75, 3.05) is 5.75 Å². The van der Waals surface area contributed by atoms with Crippen LogP contribution in [0, 0.1) is 0 Å². The van der Waals surface area contributed by atoms with Crippen LogP contribution in [0.2, 0.25) is 0 Å². The van der Waals surface area contributed by atoms with Gasteiger partial charge < -0.3 is 0 Å². The van der Waals surface area contributed by atoms with Crippen LogP contribution in [0.5, 0.6) is 0 Å². The molecule has 0 aromatic carbocycles. The first kappa shape index (κ1) is 6.53. The van der Waals surface area contributed by atoms with Crippen molar-refractivity contribution in [2.45, 2.75) is 0 Å². The summed E-state index contributed by atoms with van der Waals surface area (Å²) in [6, 6.07) is 0. The summed E-state index contributed by atoms with van der Waals surface area (Å²) >= 11 is 12.9. The predicted molar refractivity (Wildman–Crippen MR) is 40.1 cm³/mol. The molecule has 0 heterocycles. The molecule has 0 N–H and O–H groups in total. The average molecular weight is 136 g/mol. The van der Waals surface area contributed by atoms with Gasteiger partial charge in [0, 0.05) is 16.0 Å². The van der Waals surface area contributed by atoms with Gasteiger partial charge in [0.2, 0.25) is 0 Å². The second kappa shape index (κ2) is 3.71. The van der Waals surface area contributed by atoms with Crippen molar-refractivity contribution in [1.82, 2.24) is 0 Å². The molecule has 0 aromatic rings. The minimum atomic E-state index is 0.596. The molecule has 0 saturated heterocycles. The summed E-state index contributed by atoms with van der Waals surface area (Å²) in [4.78, 5) is 0.730. The third kappa shape index (κ3) is 2.75. The average Bonchev–Trinajstić information content (AvgIpc) is 1.65. The van der Waals surface area contributed by atoms with Gasteiger partial charge in [-0.15, -0.1) is 0 Å². The Kier molecular flexibility index (Phi) is 4.04. The van der Waals surface area contributed by atoms with Gasteiger partial charge in [-0.05, 0) is 0 Å². The lowest BCUT2D eigenvalue weighted by atomic mass is 10.6. The predicted octanol–water partition coefficient (Wildman–Crippen LogP) is 1.29. The Morgan fingerprint density at radius 1 is 1.83 bits per heavy atom. The van der Waals surface area contributed by atoms with Crippen molar-refractivity contribution in [3.05, 3.63) is 0 Å². The van der Waals surface area contributed by atoms with Gasteiger partial charge in [-0.1, -0.05) is 24.4 Å². The molecule has 3 heteroatoms.